The van der Waals surface area contributed by atoms with Gasteiger partial charge in [-0.05, 0) is 20.3 Å². The molecule has 7 heteroatoms. The summed E-state index contributed by atoms with van der Waals surface area (Å²) in [6, 6.07) is 0.128. The number of carbonyl (C=O) groups excluding carboxylic acids is 1. The third-order valence-electron chi connectivity index (χ3n) is 3.79. The van der Waals surface area contributed by atoms with Crippen LogP contribution in [0, 0.1) is 0 Å². The number of fused-ring (bicyclic) bond motifs is 1. The van der Waals surface area contributed by atoms with Crippen LogP contribution in [0.5, 0.6) is 0 Å². The molecule has 0 aliphatic carbocycles. The lowest BCUT2D eigenvalue weighted by molar-refractivity contribution is 0.0759. The molecule has 3 heterocycles. The van der Waals surface area contributed by atoms with Gasteiger partial charge in [-0.1, -0.05) is 0 Å². The van der Waals surface area contributed by atoms with Gasteiger partial charge in [-0.2, -0.15) is 0 Å². The zero-order chi connectivity index (χ0) is 15.5. The van der Waals surface area contributed by atoms with E-state index in [1.165, 1.54) is 11.3 Å². The summed E-state index contributed by atoms with van der Waals surface area (Å²) in [5.41, 5.74) is 0.475. The second kappa shape index (κ2) is 6.58. The maximum absolute atomic E-state index is 12.3. The Morgan fingerprint density at radius 1 is 1.64 bits per heavy atom. The zero-order valence-electron chi connectivity index (χ0n) is 12.8. The number of nitrogens with zero attached hydrogens (tertiary/aromatic N) is 3. The standard InChI is InChI=1S/C15H20N4O2S/c1-3-21-10(2)15-18-12(9-22-15)14(20)17-11-4-5-13-16-6-7-19(13)8-11/h6-7,9-11H,3-5,8H2,1-2H3,(H,17,20)/t10-,11+/m1/s1. The second-order valence-electron chi connectivity index (χ2n) is 5.37. The van der Waals surface area contributed by atoms with Crippen LogP contribution in [0.25, 0.3) is 0 Å². The zero-order valence-corrected chi connectivity index (χ0v) is 13.6. The highest BCUT2D eigenvalue weighted by Gasteiger charge is 2.22. The van der Waals surface area contributed by atoms with Gasteiger partial charge in [-0.15, -0.1) is 11.3 Å². The molecule has 0 saturated carbocycles. The largest absolute Gasteiger partial charge is 0.372 e. The maximum atomic E-state index is 12.3. The summed E-state index contributed by atoms with van der Waals surface area (Å²) in [4.78, 5) is 21.0. The molecule has 1 N–H and O–H groups in total. The van der Waals surface area contributed by atoms with Gasteiger partial charge in [0.05, 0.1) is 0 Å². The van der Waals surface area contributed by atoms with E-state index in [4.69, 9.17) is 4.74 Å². The predicted molar refractivity (Wildman–Crippen MR) is 84.0 cm³/mol. The molecule has 0 aromatic carbocycles. The van der Waals surface area contributed by atoms with Gasteiger partial charge >= 0.3 is 0 Å². The number of hydrogen-bond acceptors (Lipinski definition) is 5. The predicted octanol–water partition coefficient (Wildman–Crippen LogP) is 2.18. The quantitative estimate of drug-likeness (QED) is 0.917. The molecule has 22 heavy (non-hydrogen) atoms. The number of amides is 1. The molecule has 1 aliphatic heterocycles. The number of carbonyl (C=O) groups is 1. The first-order chi connectivity index (χ1) is 10.7. The van der Waals surface area contributed by atoms with Crippen molar-refractivity contribution in [2.24, 2.45) is 0 Å². The molecular weight excluding hydrogens is 300 g/mol. The number of hydrogen-bond donors (Lipinski definition) is 1. The summed E-state index contributed by atoms with van der Waals surface area (Å²) < 4.78 is 7.60. The maximum Gasteiger partial charge on any atom is 0.271 e. The van der Waals surface area contributed by atoms with Crippen LogP contribution in [0.2, 0.25) is 0 Å². The highest BCUT2D eigenvalue weighted by molar-refractivity contribution is 7.09. The Morgan fingerprint density at radius 2 is 2.50 bits per heavy atom. The Balaban J connectivity index is 1.61. The minimum atomic E-state index is -0.111. The molecule has 0 bridgehead atoms. The lowest BCUT2D eigenvalue weighted by Gasteiger charge is -2.24. The van der Waals surface area contributed by atoms with E-state index in [1.54, 1.807) is 11.6 Å². The van der Waals surface area contributed by atoms with Gasteiger partial charge in [0, 0.05) is 43.4 Å². The SMILES string of the molecule is CCO[C@H](C)c1nc(C(=O)N[C@H]2CCc3nccn3C2)cs1. The van der Waals surface area contributed by atoms with Crippen molar-refractivity contribution in [2.75, 3.05) is 6.61 Å². The van der Waals surface area contributed by atoms with Crippen molar-refractivity contribution in [1.82, 2.24) is 19.9 Å². The molecule has 2 aromatic rings. The molecule has 0 unspecified atom stereocenters. The van der Waals surface area contributed by atoms with Crippen molar-refractivity contribution in [1.29, 1.82) is 0 Å². The number of ether oxygens (including phenoxy) is 1. The van der Waals surface area contributed by atoms with Crippen LogP contribution in [-0.4, -0.2) is 33.1 Å². The highest BCUT2D eigenvalue weighted by atomic mass is 32.1. The summed E-state index contributed by atoms with van der Waals surface area (Å²) in [5.74, 6) is 0.978. The third kappa shape index (κ3) is 3.20. The van der Waals surface area contributed by atoms with E-state index < -0.39 is 0 Å². The number of thiazole rings is 1. The first kappa shape index (κ1) is 15.2. The van der Waals surface area contributed by atoms with Crippen molar-refractivity contribution in [3.8, 4) is 0 Å². The van der Waals surface area contributed by atoms with Gasteiger partial charge in [0.25, 0.3) is 5.91 Å². The fourth-order valence-corrected chi connectivity index (χ4v) is 3.45. The summed E-state index contributed by atoms with van der Waals surface area (Å²) in [5, 5.41) is 5.70. The molecule has 3 rings (SSSR count). The Kier molecular flexibility index (Phi) is 4.54. The van der Waals surface area contributed by atoms with Gasteiger partial charge in [-0.3, -0.25) is 4.79 Å². The van der Waals surface area contributed by atoms with Crippen molar-refractivity contribution in [3.63, 3.8) is 0 Å². The van der Waals surface area contributed by atoms with E-state index in [-0.39, 0.29) is 18.1 Å². The number of imidazole rings is 1. The minimum Gasteiger partial charge on any atom is -0.372 e. The van der Waals surface area contributed by atoms with Crippen LogP contribution < -0.4 is 5.32 Å². The monoisotopic (exact) mass is 320 g/mol. The Bertz CT molecular complexity index is 652. The van der Waals surface area contributed by atoms with E-state index in [2.05, 4.69) is 19.9 Å². The first-order valence-corrected chi connectivity index (χ1v) is 8.43. The van der Waals surface area contributed by atoms with Crippen LogP contribution in [0.4, 0.5) is 0 Å². The van der Waals surface area contributed by atoms with Crippen LogP contribution >= 0.6 is 11.3 Å². The van der Waals surface area contributed by atoms with Gasteiger partial charge in [-0.25, -0.2) is 9.97 Å². The number of nitrogens with one attached hydrogen (secondary N) is 1. The van der Waals surface area contributed by atoms with Crippen molar-refractivity contribution in [3.05, 3.63) is 34.3 Å². The summed E-state index contributed by atoms with van der Waals surface area (Å²) in [7, 11) is 0. The lowest BCUT2D eigenvalue weighted by Crippen LogP contribution is -2.41. The Labute approximate surface area is 133 Å². The van der Waals surface area contributed by atoms with Crippen molar-refractivity contribution >= 4 is 17.2 Å². The fraction of sp³-hybridized carbons (Fsp3) is 0.533. The number of rotatable bonds is 5. The normalized spacial score (nSPS) is 18.7. The van der Waals surface area contributed by atoms with E-state index in [9.17, 15) is 4.79 Å². The Morgan fingerprint density at radius 3 is 3.32 bits per heavy atom. The first-order valence-electron chi connectivity index (χ1n) is 7.55. The molecule has 0 spiro atoms. The van der Waals surface area contributed by atoms with Crippen molar-refractivity contribution < 1.29 is 9.53 Å². The average Bonchev–Trinajstić information content (AvgIpc) is 3.16. The smallest absolute Gasteiger partial charge is 0.271 e. The summed E-state index contributed by atoms with van der Waals surface area (Å²) in [6.45, 7) is 5.31. The topological polar surface area (TPSA) is 69.0 Å². The molecule has 2 aromatic heterocycles. The Hall–Kier alpha value is -1.73. The molecule has 0 radical (unpaired) electrons. The summed E-state index contributed by atoms with van der Waals surface area (Å²) >= 11 is 1.47. The van der Waals surface area contributed by atoms with E-state index in [1.807, 2.05) is 20.0 Å². The second-order valence-corrected chi connectivity index (χ2v) is 6.26. The van der Waals surface area contributed by atoms with Gasteiger partial charge in [0.1, 0.15) is 22.6 Å². The average molecular weight is 320 g/mol. The van der Waals surface area contributed by atoms with Crippen LogP contribution in [0.1, 0.15) is 47.7 Å². The molecule has 1 amide bonds. The minimum absolute atomic E-state index is 0.0697. The van der Waals surface area contributed by atoms with Gasteiger partial charge in [0.15, 0.2) is 0 Å². The van der Waals surface area contributed by atoms with Gasteiger partial charge < -0.3 is 14.6 Å². The lowest BCUT2D eigenvalue weighted by atomic mass is 10.1. The van der Waals surface area contributed by atoms with Crippen LogP contribution in [0.15, 0.2) is 17.8 Å². The van der Waals surface area contributed by atoms with E-state index >= 15 is 0 Å². The van der Waals surface area contributed by atoms with Crippen LogP contribution in [-0.2, 0) is 17.7 Å². The number of aryl methyl sites for hydroxylation is 1. The van der Waals surface area contributed by atoms with E-state index in [0.717, 1.165) is 30.2 Å². The highest BCUT2D eigenvalue weighted by Crippen LogP contribution is 2.21. The fourth-order valence-electron chi connectivity index (χ4n) is 2.64. The number of aromatic nitrogens is 3. The molecule has 118 valence electrons. The third-order valence-corrected chi connectivity index (χ3v) is 4.80. The molecule has 2 atom stereocenters. The van der Waals surface area contributed by atoms with E-state index in [0.29, 0.717) is 12.3 Å². The molecule has 6 nitrogen and oxygen atoms in total. The van der Waals surface area contributed by atoms with Crippen molar-refractivity contribution in [2.45, 2.75) is 45.4 Å². The molecule has 0 saturated heterocycles. The molecule has 1 aliphatic rings. The summed E-state index contributed by atoms with van der Waals surface area (Å²) in [6.07, 6.45) is 5.50. The van der Waals surface area contributed by atoms with Gasteiger partial charge in [0.2, 0.25) is 0 Å². The van der Waals surface area contributed by atoms with Crippen LogP contribution in [0.3, 0.4) is 0 Å². The molecule has 0 fully saturated rings. The molecular formula is C15H20N4O2S.